The predicted molar refractivity (Wildman–Crippen MR) is 73.0 cm³/mol. The van der Waals surface area contributed by atoms with E-state index in [-0.39, 0.29) is 0 Å². The first kappa shape index (κ1) is 14.0. The Morgan fingerprint density at radius 2 is 2.06 bits per heavy atom. The highest BCUT2D eigenvalue weighted by atomic mass is 35.5. The van der Waals surface area contributed by atoms with Gasteiger partial charge in [-0.25, -0.2) is 0 Å². The topological polar surface area (TPSA) is 35.2 Å². The maximum atomic E-state index is 5.96. The van der Waals surface area contributed by atoms with E-state index in [0.717, 1.165) is 24.5 Å². The summed E-state index contributed by atoms with van der Waals surface area (Å²) in [5, 5.41) is 1.18. The second-order valence-electron chi connectivity index (χ2n) is 3.18. The zero-order valence-electron chi connectivity index (χ0n) is 8.92. The van der Waals surface area contributed by atoms with Crippen LogP contribution in [0.5, 0.6) is 5.75 Å². The van der Waals surface area contributed by atoms with E-state index in [1.807, 2.05) is 11.8 Å². The number of benzene rings is 1. The molecule has 0 amide bonds. The number of nitrogens with two attached hydrogens (primary N) is 1. The third-order valence-corrected chi connectivity index (χ3v) is 3.44. The Kier molecular flexibility index (Phi) is 7.05. The van der Waals surface area contributed by atoms with Gasteiger partial charge in [-0.2, -0.15) is 11.8 Å². The van der Waals surface area contributed by atoms with Gasteiger partial charge < -0.3 is 10.5 Å². The van der Waals surface area contributed by atoms with E-state index in [1.54, 1.807) is 18.2 Å². The van der Waals surface area contributed by atoms with Crippen LogP contribution in [0.1, 0.15) is 6.42 Å². The maximum absolute atomic E-state index is 5.96. The quantitative estimate of drug-likeness (QED) is 0.777. The van der Waals surface area contributed by atoms with E-state index in [9.17, 15) is 0 Å². The second kappa shape index (κ2) is 8.07. The molecule has 0 saturated carbocycles. The van der Waals surface area contributed by atoms with Crippen molar-refractivity contribution in [2.24, 2.45) is 5.73 Å². The summed E-state index contributed by atoms with van der Waals surface area (Å²) in [5.74, 6) is 2.71. The van der Waals surface area contributed by atoms with Crippen molar-refractivity contribution in [3.8, 4) is 5.75 Å². The van der Waals surface area contributed by atoms with Gasteiger partial charge in [-0.1, -0.05) is 23.2 Å². The lowest BCUT2D eigenvalue weighted by atomic mass is 10.3. The molecule has 1 aromatic carbocycles. The van der Waals surface area contributed by atoms with Crippen molar-refractivity contribution >= 4 is 35.0 Å². The minimum absolute atomic E-state index is 0.555. The molecule has 16 heavy (non-hydrogen) atoms. The highest BCUT2D eigenvalue weighted by Gasteiger charge is 2.01. The first-order valence-corrected chi connectivity index (χ1v) is 7.01. The highest BCUT2D eigenvalue weighted by molar-refractivity contribution is 7.99. The zero-order chi connectivity index (χ0) is 11.8. The number of halogens is 2. The third kappa shape index (κ3) is 5.30. The fraction of sp³-hybridized carbons (Fsp3) is 0.455. The van der Waals surface area contributed by atoms with Gasteiger partial charge in [0.2, 0.25) is 0 Å². The Bertz CT molecular complexity index is 323. The molecule has 0 saturated heterocycles. The van der Waals surface area contributed by atoms with Crippen LogP contribution in [-0.2, 0) is 0 Å². The Labute approximate surface area is 110 Å². The molecule has 0 aromatic heterocycles. The number of hydrogen-bond donors (Lipinski definition) is 1. The van der Waals surface area contributed by atoms with Crippen LogP contribution in [0.4, 0.5) is 0 Å². The predicted octanol–water partition coefficient (Wildman–Crippen LogP) is 3.45. The SMILES string of the molecule is NCCCSCCOc1ccc(Cl)cc1Cl. The summed E-state index contributed by atoms with van der Waals surface area (Å²) in [7, 11) is 0. The Morgan fingerprint density at radius 1 is 1.25 bits per heavy atom. The van der Waals surface area contributed by atoms with Gasteiger partial charge in [0.25, 0.3) is 0 Å². The van der Waals surface area contributed by atoms with Gasteiger partial charge in [-0.05, 0) is 36.9 Å². The van der Waals surface area contributed by atoms with E-state index < -0.39 is 0 Å². The van der Waals surface area contributed by atoms with Gasteiger partial charge in [0.1, 0.15) is 5.75 Å². The summed E-state index contributed by atoms with van der Waals surface area (Å²) in [6, 6.07) is 5.24. The Balaban J connectivity index is 2.21. The molecule has 0 fully saturated rings. The van der Waals surface area contributed by atoms with E-state index in [2.05, 4.69) is 0 Å². The van der Waals surface area contributed by atoms with E-state index in [0.29, 0.717) is 22.4 Å². The molecular weight excluding hydrogens is 265 g/mol. The van der Waals surface area contributed by atoms with Crippen LogP contribution in [0.25, 0.3) is 0 Å². The molecule has 0 radical (unpaired) electrons. The molecule has 90 valence electrons. The molecule has 0 bridgehead atoms. The van der Waals surface area contributed by atoms with E-state index >= 15 is 0 Å². The second-order valence-corrected chi connectivity index (χ2v) is 5.25. The molecule has 2 nitrogen and oxygen atoms in total. The molecule has 0 aliphatic heterocycles. The van der Waals surface area contributed by atoms with Crippen LogP contribution in [0.2, 0.25) is 10.0 Å². The Morgan fingerprint density at radius 3 is 2.75 bits per heavy atom. The molecule has 1 rings (SSSR count). The molecule has 0 spiro atoms. The fourth-order valence-electron chi connectivity index (χ4n) is 1.09. The van der Waals surface area contributed by atoms with Crippen molar-refractivity contribution in [1.29, 1.82) is 0 Å². The van der Waals surface area contributed by atoms with Crippen molar-refractivity contribution in [2.45, 2.75) is 6.42 Å². The van der Waals surface area contributed by atoms with Gasteiger partial charge in [0.05, 0.1) is 11.6 Å². The van der Waals surface area contributed by atoms with Crippen molar-refractivity contribution < 1.29 is 4.74 Å². The van der Waals surface area contributed by atoms with Gasteiger partial charge in [0.15, 0.2) is 0 Å². The third-order valence-electron chi connectivity index (χ3n) is 1.87. The van der Waals surface area contributed by atoms with Gasteiger partial charge in [0, 0.05) is 10.8 Å². The van der Waals surface area contributed by atoms with E-state index in [4.69, 9.17) is 33.7 Å². The normalized spacial score (nSPS) is 10.4. The molecule has 0 unspecified atom stereocenters. The minimum Gasteiger partial charge on any atom is -0.491 e. The Hall–Kier alpha value is -0.0900. The molecule has 0 aliphatic rings. The summed E-state index contributed by atoms with van der Waals surface area (Å²) >= 11 is 13.6. The first-order chi connectivity index (χ1) is 7.74. The molecular formula is C11H15Cl2NOS. The summed E-state index contributed by atoms with van der Waals surface area (Å²) < 4.78 is 5.53. The van der Waals surface area contributed by atoms with Gasteiger partial charge in [-0.15, -0.1) is 0 Å². The van der Waals surface area contributed by atoms with Crippen LogP contribution in [-0.4, -0.2) is 24.7 Å². The van der Waals surface area contributed by atoms with Crippen molar-refractivity contribution in [1.82, 2.24) is 0 Å². The number of thioether (sulfide) groups is 1. The molecule has 0 aliphatic carbocycles. The standard InChI is InChI=1S/C11H15Cl2NOS/c12-9-2-3-11(10(13)8-9)15-5-7-16-6-1-4-14/h2-3,8H,1,4-7,14H2. The molecule has 1 aromatic rings. The number of rotatable bonds is 7. The van der Waals surface area contributed by atoms with Crippen molar-refractivity contribution in [3.05, 3.63) is 28.2 Å². The van der Waals surface area contributed by atoms with Crippen LogP contribution >= 0.6 is 35.0 Å². The first-order valence-electron chi connectivity index (χ1n) is 5.09. The summed E-state index contributed by atoms with van der Waals surface area (Å²) in [5.41, 5.74) is 5.39. The number of hydrogen-bond acceptors (Lipinski definition) is 3. The summed E-state index contributed by atoms with van der Waals surface area (Å²) in [6.45, 7) is 1.40. The zero-order valence-corrected chi connectivity index (χ0v) is 11.2. The van der Waals surface area contributed by atoms with Crippen molar-refractivity contribution in [2.75, 3.05) is 24.7 Å². The molecule has 2 N–H and O–H groups in total. The monoisotopic (exact) mass is 279 g/mol. The molecule has 0 atom stereocenters. The minimum atomic E-state index is 0.555. The number of ether oxygens (including phenoxy) is 1. The average Bonchev–Trinajstić information content (AvgIpc) is 2.26. The van der Waals surface area contributed by atoms with Crippen LogP contribution < -0.4 is 10.5 Å². The molecule has 5 heteroatoms. The van der Waals surface area contributed by atoms with Gasteiger partial charge in [-0.3, -0.25) is 0 Å². The van der Waals surface area contributed by atoms with E-state index in [1.165, 1.54) is 0 Å². The molecule has 0 heterocycles. The average molecular weight is 280 g/mol. The summed E-state index contributed by atoms with van der Waals surface area (Å²) in [6.07, 6.45) is 1.05. The fourth-order valence-corrected chi connectivity index (χ4v) is 2.33. The summed E-state index contributed by atoms with van der Waals surface area (Å²) in [4.78, 5) is 0. The van der Waals surface area contributed by atoms with Crippen LogP contribution in [0.3, 0.4) is 0 Å². The highest BCUT2D eigenvalue weighted by Crippen LogP contribution is 2.27. The lowest BCUT2D eigenvalue weighted by molar-refractivity contribution is 0.344. The van der Waals surface area contributed by atoms with Crippen LogP contribution in [0.15, 0.2) is 18.2 Å². The van der Waals surface area contributed by atoms with Crippen LogP contribution in [0, 0.1) is 0 Å². The smallest absolute Gasteiger partial charge is 0.138 e. The largest absolute Gasteiger partial charge is 0.491 e. The van der Waals surface area contributed by atoms with Gasteiger partial charge >= 0.3 is 0 Å². The lowest BCUT2D eigenvalue weighted by Crippen LogP contribution is -2.03. The maximum Gasteiger partial charge on any atom is 0.138 e. The van der Waals surface area contributed by atoms with Crippen molar-refractivity contribution in [3.63, 3.8) is 0 Å². The lowest BCUT2D eigenvalue weighted by Gasteiger charge is -2.07.